The van der Waals surface area contributed by atoms with Gasteiger partial charge in [-0.05, 0) is 39.8 Å². The van der Waals surface area contributed by atoms with E-state index in [1.807, 2.05) is 28.8 Å². The molecule has 0 saturated carbocycles. The molecule has 96 valence electrons. The topological polar surface area (TPSA) is 68.0 Å². The van der Waals surface area contributed by atoms with Crippen molar-refractivity contribution in [2.24, 2.45) is 0 Å². The average molecular weight is 337 g/mol. The van der Waals surface area contributed by atoms with Crippen LogP contribution in [0.2, 0.25) is 0 Å². The summed E-state index contributed by atoms with van der Waals surface area (Å²) in [6.07, 6.45) is 3.64. The predicted molar refractivity (Wildman–Crippen MR) is 76.4 cm³/mol. The molecule has 8 heteroatoms. The van der Waals surface area contributed by atoms with Gasteiger partial charge in [-0.3, -0.25) is 4.40 Å². The Balaban J connectivity index is 2.01. The normalized spacial score (nSPS) is 10.8. The lowest BCUT2D eigenvalue weighted by molar-refractivity contribution is 0.913. The fraction of sp³-hybridized carbons (Fsp3) is 0.0909. The van der Waals surface area contributed by atoms with Crippen LogP contribution in [0.25, 0.3) is 5.65 Å². The van der Waals surface area contributed by atoms with Crippen molar-refractivity contribution in [3.8, 4) is 0 Å². The smallest absolute Gasteiger partial charge is 0.223 e. The maximum absolute atomic E-state index is 4.39. The number of rotatable bonds is 3. The molecular weight excluding hydrogens is 328 g/mol. The summed E-state index contributed by atoms with van der Waals surface area (Å²) in [6.45, 7) is 0. The zero-order valence-corrected chi connectivity index (χ0v) is 12.3. The fourth-order valence-electron chi connectivity index (χ4n) is 1.52. The molecule has 3 heterocycles. The lowest BCUT2D eigenvalue weighted by atomic mass is 10.5. The predicted octanol–water partition coefficient (Wildman–Crippen LogP) is 2.47. The van der Waals surface area contributed by atoms with Crippen LogP contribution in [-0.2, 0) is 0 Å². The molecule has 0 atom stereocenters. The zero-order chi connectivity index (χ0) is 13.2. The molecule has 3 aromatic heterocycles. The maximum Gasteiger partial charge on any atom is 0.223 e. The molecule has 0 amide bonds. The van der Waals surface area contributed by atoms with Gasteiger partial charge in [-0.2, -0.15) is 0 Å². The Morgan fingerprint density at radius 2 is 2.21 bits per heavy atom. The maximum atomic E-state index is 4.39. The Kier molecular flexibility index (Phi) is 3.34. The number of nitrogens with zero attached hydrogens (tertiary/aromatic N) is 5. The van der Waals surface area contributed by atoms with E-state index >= 15 is 0 Å². The van der Waals surface area contributed by atoms with Crippen molar-refractivity contribution < 1.29 is 0 Å². The molecule has 0 saturated heterocycles. The second-order valence-electron chi connectivity index (χ2n) is 3.61. The summed E-state index contributed by atoms with van der Waals surface area (Å²) in [5.41, 5.74) is 0.809. The van der Waals surface area contributed by atoms with Crippen molar-refractivity contribution in [2.75, 3.05) is 12.4 Å². The quantitative estimate of drug-likeness (QED) is 0.741. The van der Waals surface area contributed by atoms with Gasteiger partial charge in [0.1, 0.15) is 5.03 Å². The van der Waals surface area contributed by atoms with Crippen LogP contribution in [0, 0.1) is 0 Å². The molecule has 0 aromatic carbocycles. The van der Waals surface area contributed by atoms with Crippen LogP contribution in [0.1, 0.15) is 0 Å². The molecule has 19 heavy (non-hydrogen) atoms. The molecular formula is C11H9BrN6S. The van der Waals surface area contributed by atoms with E-state index < -0.39 is 0 Å². The number of anilines is 1. The van der Waals surface area contributed by atoms with E-state index in [0.717, 1.165) is 20.3 Å². The van der Waals surface area contributed by atoms with Crippen molar-refractivity contribution in [1.82, 2.24) is 24.6 Å². The standard InChI is InChI=1S/C11H9BrN6S/c1-13-10-14-6-7(12)9(15-10)19-11-17-16-8-4-2-3-5-18(8)11/h2-6H,1H3,(H,13,14,15). The minimum atomic E-state index is 0.569. The molecule has 0 aliphatic rings. The fourth-order valence-corrected chi connectivity index (χ4v) is 2.74. The van der Waals surface area contributed by atoms with Crippen LogP contribution in [-0.4, -0.2) is 31.6 Å². The highest BCUT2D eigenvalue weighted by Gasteiger charge is 2.11. The van der Waals surface area contributed by atoms with Crippen molar-refractivity contribution in [1.29, 1.82) is 0 Å². The molecule has 3 rings (SSSR count). The van der Waals surface area contributed by atoms with E-state index in [-0.39, 0.29) is 0 Å². The third-order valence-corrected chi connectivity index (χ3v) is 4.21. The molecule has 1 N–H and O–H groups in total. The molecule has 0 bridgehead atoms. The van der Waals surface area contributed by atoms with E-state index in [9.17, 15) is 0 Å². The van der Waals surface area contributed by atoms with Crippen LogP contribution in [0.5, 0.6) is 0 Å². The van der Waals surface area contributed by atoms with Gasteiger partial charge in [0.25, 0.3) is 0 Å². The highest BCUT2D eigenvalue weighted by Crippen LogP contribution is 2.31. The van der Waals surface area contributed by atoms with Gasteiger partial charge in [-0.15, -0.1) is 10.2 Å². The summed E-state index contributed by atoms with van der Waals surface area (Å²) in [7, 11) is 1.78. The number of aromatic nitrogens is 5. The third-order valence-electron chi connectivity index (χ3n) is 2.41. The second kappa shape index (κ2) is 5.14. The van der Waals surface area contributed by atoms with Crippen LogP contribution >= 0.6 is 27.7 Å². The molecule has 0 fully saturated rings. The van der Waals surface area contributed by atoms with Crippen molar-refractivity contribution in [3.63, 3.8) is 0 Å². The Morgan fingerprint density at radius 1 is 1.32 bits per heavy atom. The van der Waals surface area contributed by atoms with E-state index in [2.05, 4.69) is 41.4 Å². The molecule has 0 unspecified atom stereocenters. The van der Waals surface area contributed by atoms with E-state index in [0.29, 0.717) is 5.95 Å². The molecule has 6 nitrogen and oxygen atoms in total. The molecule has 0 aliphatic heterocycles. The van der Waals surface area contributed by atoms with Crippen LogP contribution < -0.4 is 5.32 Å². The van der Waals surface area contributed by atoms with Gasteiger partial charge in [0.15, 0.2) is 5.65 Å². The molecule has 0 spiro atoms. The Hall–Kier alpha value is -1.67. The number of halogens is 1. The van der Waals surface area contributed by atoms with Crippen molar-refractivity contribution in [2.45, 2.75) is 10.2 Å². The Morgan fingerprint density at radius 3 is 3.05 bits per heavy atom. The van der Waals surface area contributed by atoms with Gasteiger partial charge < -0.3 is 5.32 Å². The SMILES string of the molecule is CNc1ncc(Br)c(Sc2nnc3ccccn23)n1. The first kappa shape index (κ1) is 12.4. The van der Waals surface area contributed by atoms with Gasteiger partial charge in [-0.25, -0.2) is 9.97 Å². The second-order valence-corrected chi connectivity index (χ2v) is 5.42. The lowest BCUT2D eigenvalue weighted by Crippen LogP contribution is -1.97. The highest BCUT2D eigenvalue weighted by molar-refractivity contribution is 9.10. The minimum absolute atomic E-state index is 0.569. The first-order valence-electron chi connectivity index (χ1n) is 5.46. The number of hydrogen-bond donors (Lipinski definition) is 1. The van der Waals surface area contributed by atoms with Crippen molar-refractivity contribution >= 4 is 39.3 Å². The largest absolute Gasteiger partial charge is 0.357 e. The van der Waals surface area contributed by atoms with Crippen LogP contribution in [0.4, 0.5) is 5.95 Å². The summed E-state index contributed by atoms with van der Waals surface area (Å²) in [6, 6.07) is 5.78. The van der Waals surface area contributed by atoms with Crippen molar-refractivity contribution in [3.05, 3.63) is 35.1 Å². The number of hydrogen-bond acceptors (Lipinski definition) is 6. The lowest BCUT2D eigenvalue weighted by Gasteiger charge is -2.04. The summed E-state index contributed by atoms with van der Waals surface area (Å²) < 4.78 is 2.74. The molecule has 0 aliphatic carbocycles. The van der Waals surface area contributed by atoms with E-state index in [1.165, 1.54) is 11.8 Å². The van der Waals surface area contributed by atoms with E-state index in [4.69, 9.17) is 0 Å². The highest BCUT2D eigenvalue weighted by atomic mass is 79.9. The summed E-state index contributed by atoms with van der Waals surface area (Å²) in [4.78, 5) is 8.51. The first-order chi connectivity index (χ1) is 9.28. The zero-order valence-electron chi connectivity index (χ0n) is 9.91. The summed E-state index contributed by atoms with van der Waals surface area (Å²) in [5.74, 6) is 0.569. The monoisotopic (exact) mass is 336 g/mol. The Bertz CT molecular complexity index is 728. The van der Waals surface area contributed by atoms with Gasteiger partial charge in [-0.1, -0.05) is 6.07 Å². The number of pyridine rings is 1. The van der Waals surface area contributed by atoms with Gasteiger partial charge in [0.2, 0.25) is 11.1 Å². The number of nitrogens with one attached hydrogen (secondary N) is 1. The van der Waals surface area contributed by atoms with Gasteiger partial charge in [0.05, 0.1) is 4.47 Å². The van der Waals surface area contributed by atoms with E-state index in [1.54, 1.807) is 13.2 Å². The number of fused-ring (bicyclic) bond motifs is 1. The molecule has 3 aromatic rings. The summed E-state index contributed by atoms with van der Waals surface area (Å²) in [5, 5.41) is 12.7. The van der Waals surface area contributed by atoms with Gasteiger partial charge in [0, 0.05) is 19.4 Å². The average Bonchev–Trinajstić information content (AvgIpc) is 2.85. The summed E-state index contributed by atoms with van der Waals surface area (Å²) >= 11 is 4.87. The van der Waals surface area contributed by atoms with Gasteiger partial charge >= 0.3 is 0 Å². The minimum Gasteiger partial charge on any atom is -0.357 e. The van der Waals surface area contributed by atoms with Crippen LogP contribution in [0.3, 0.4) is 0 Å². The Labute approximate surface area is 121 Å². The van der Waals surface area contributed by atoms with Crippen LogP contribution in [0.15, 0.2) is 45.2 Å². The molecule has 0 radical (unpaired) electrons. The first-order valence-corrected chi connectivity index (χ1v) is 7.07. The third kappa shape index (κ3) is 2.41.